The van der Waals surface area contributed by atoms with E-state index >= 15 is 0 Å². The van der Waals surface area contributed by atoms with Crippen LogP contribution in [0.3, 0.4) is 0 Å². The van der Waals surface area contributed by atoms with E-state index in [0.29, 0.717) is 5.92 Å². The van der Waals surface area contributed by atoms with Crippen LogP contribution in [0.25, 0.3) is 0 Å². The topological polar surface area (TPSA) is 12.0 Å². The van der Waals surface area contributed by atoms with E-state index < -0.39 is 12.6 Å². The fourth-order valence-corrected chi connectivity index (χ4v) is 29.6. The zero-order valence-electron chi connectivity index (χ0n) is 14.0. The minimum absolute atomic E-state index is 0.205. The van der Waals surface area contributed by atoms with Gasteiger partial charge in [-0.15, -0.1) is 0 Å². The quantitative estimate of drug-likeness (QED) is 0.762. The number of nitrogens with one attached hydrogen (secondary N) is 1. The van der Waals surface area contributed by atoms with Crippen molar-refractivity contribution >= 4 is 8.00 Å². The monoisotopic (exact) mass is 317 g/mol. The summed E-state index contributed by atoms with van der Waals surface area (Å²) < 4.78 is 5.83. The molecule has 0 saturated heterocycles. The number of allylic oxidation sites excluding steroid dienone is 4. The van der Waals surface area contributed by atoms with Crippen LogP contribution in [0.1, 0.15) is 48.5 Å². The summed E-state index contributed by atoms with van der Waals surface area (Å²) in [4.78, 5) is 0. The normalized spacial score (nSPS) is 21.7. The molecule has 0 aromatic carbocycles. The van der Waals surface area contributed by atoms with Gasteiger partial charge < -0.3 is 0 Å². The first-order chi connectivity index (χ1) is 7.75. The van der Waals surface area contributed by atoms with E-state index in [0.717, 1.165) is 0 Å². The van der Waals surface area contributed by atoms with Gasteiger partial charge in [0, 0.05) is 0 Å². The van der Waals surface area contributed by atoms with Crippen LogP contribution in [0.4, 0.5) is 0 Å². The Morgan fingerprint density at radius 1 is 1.06 bits per heavy atom. The summed E-state index contributed by atoms with van der Waals surface area (Å²) in [5, 5.41) is 0. The van der Waals surface area contributed by atoms with Crippen molar-refractivity contribution in [2.45, 2.75) is 65.0 Å². The molecule has 1 rings (SSSR count). The molecule has 1 aliphatic carbocycles. The number of rotatable bonds is 2. The summed E-state index contributed by atoms with van der Waals surface area (Å²) in [5.74, 6) is 0.640. The molecule has 0 aromatic heterocycles. The molecule has 0 saturated carbocycles. The second-order valence-corrected chi connectivity index (χ2v) is 43.3. The van der Waals surface area contributed by atoms with Crippen molar-refractivity contribution in [2.24, 2.45) is 5.92 Å². The first-order valence-electron chi connectivity index (χ1n) is 7.78. The van der Waals surface area contributed by atoms with Crippen molar-refractivity contribution in [3.05, 3.63) is 20.9 Å². The summed E-state index contributed by atoms with van der Waals surface area (Å²) >= 11 is -3.05. The molecule has 3 heteroatoms. The SMILES string of the molecule is CC1=C(C)C(C)[C]([Zn]([CH3])([CH3])(=[SiH2])[NH]C(C)(C)C)=C1C. The van der Waals surface area contributed by atoms with Gasteiger partial charge in [0.2, 0.25) is 0 Å². The zero-order valence-corrected chi connectivity index (χ0v) is 18.4. The summed E-state index contributed by atoms with van der Waals surface area (Å²) in [5.41, 5.74) is 10.0. The van der Waals surface area contributed by atoms with Gasteiger partial charge in [-0.3, -0.25) is 0 Å². The van der Waals surface area contributed by atoms with Crippen LogP contribution in [0.5, 0.6) is 0 Å². The van der Waals surface area contributed by atoms with Crippen LogP contribution in [0.15, 0.2) is 20.9 Å². The van der Waals surface area contributed by atoms with Gasteiger partial charge in [0.05, 0.1) is 0 Å². The molecular weight excluding hydrogens is 288 g/mol. The molecule has 0 fully saturated rings. The summed E-state index contributed by atoms with van der Waals surface area (Å²) in [7, 11) is 2.30. The van der Waals surface area contributed by atoms with E-state index in [-0.39, 0.29) is 5.54 Å². The van der Waals surface area contributed by atoms with Gasteiger partial charge in [0.15, 0.2) is 0 Å². The second kappa shape index (κ2) is 4.40. The van der Waals surface area contributed by atoms with Crippen LogP contribution in [0, 0.1) is 5.92 Å². The van der Waals surface area contributed by atoms with Crippen LogP contribution in [-0.4, -0.2) is 13.5 Å². The second-order valence-electron chi connectivity index (χ2n) is 9.40. The standard InChI is InChI=1S/C9H13.C4H10N.2CH3.H2Si.Zn/c1-6-5-7(2)9(4)8(6)3;1-4(2,3)5;;;;/h6H,1-4H3;5H,1-3H3;2*1H3;1H2;/q;-1;;;;+1. The summed E-state index contributed by atoms with van der Waals surface area (Å²) in [6.45, 7) is 16.2. The van der Waals surface area contributed by atoms with Crippen molar-refractivity contribution in [3.63, 3.8) is 0 Å². The molecule has 1 unspecified atom stereocenters. The van der Waals surface area contributed by atoms with E-state index in [2.05, 4.69) is 71.6 Å². The van der Waals surface area contributed by atoms with Gasteiger partial charge in [0.1, 0.15) is 0 Å². The predicted molar refractivity (Wildman–Crippen MR) is 83.4 cm³/mol. The third kappa shape index (κ3) is 3.05. The van der Waals surface area contributed by atoms with E-state index in [4.69, 9.17) is 0 Å². The molecule has 1 aliphatic rings. The van der Waals surface area contributed by atoms with Gasteiger partial charge in [-0.05, 0) is 0 Å². The van der Waals surface area contributed by atoms with Crippen LogP contribution in [0.2, 0.25) is 11.0 Å². The molecule has 18 heavy (non-hydrogen) atoms. The Hall–Kier alpha value is 0.280. The molecule has 0 aliphatic heterocycles. The average molecular weight is 319 g/mol. The Labute approximate surface area is 116 Å². The van der Waals surface area contributed by atoms with Crippen molar-refractivity contribution in [1.82, 2.24) is 4.06 Å². The first-order valence-corrected chi connectivity index (χ1v) is 24.0. The molecule has 0 aromatic rings. The molecule has 0 amide bonds. The average Bonchev–Trinajstić information content (AvgIpc) is 2.25. The molecule has 0 radical (unpaired) electrons. The predicted octanol–water partition coefficient (Wildman–Crippen LogP) is 3.88. The van der Waals surface area contributed by atoms with Crippen LogP contribution in [-0.2, 0) is 12.6 Å². The number of hydrogen-bond donors (Lipinski definition) is 1. The Balaban J connectivity index is 3.36. The molecular formula is C15H31NSiZn. The van der Waals surface area contributed by atoms with Crippen molar-refractivity contribution < 1.29 is 12.6 Å². The Bertz CT molecular complexity index is 497. The molecule has 102 valence electrons. The third-order valence-electron chi connectivity index (χ3n) is 5.13. The maximum atomic E-state index is 4.06. The molecule has 0 bridgehead atoms. The molecule has 0 spiro atoms. The fourth-order valence-electron chi connectivity index (χ4n) is 5.08. The van der Waals surface area contributed by atoms with Crippen molar-refractivity contribution in [1.29, 1.82) is 0 Å². The minimum atomic E-state index is -3.05. The van der Waals surface area contributed by atoms with E-state index in [9.17, 15) is 0 Å². The van der Waals surface area contributed by atoms with Crippen LogP contribution >= 0.6 is 0 Å². The zero-order chi connectivity index (χ0) is 14.5. The van der Waals surface area contributed by atoms with Gasteiger partial charge in [-0.2, -0.15) is 0 Å². The third-order valence-corrected chi connectivity index (χ3v) is 21.4. The van der Waals surface area contributed by atoms with Gasteiger partial charge in [-0.1, -0.05) is 0 Å². The number of hydrogen-bond acceptors (Lipinski definition) is 1. The molecule has 0 heterocycles. The Kier molecular flexibility index (Phi) is 3.99. The van der Waals surface area contributed by atoms with E-state index in [1.54, 1.807) is 15.3 Å². The fraction of sp³-hybridized carbons (Fsp3) is 0.733. The molecule has 1 nitrogen and oxygen atoms in total. The van der Waals surface area contributed by atoms with Gasteiger partial charge >= 0.3 is 117 Å². The van der Waals surface area contributed by atoms with E-state index in [1.165, 1.54) is 5.57 Å². The summed E-state index contributed by atoms with van der Waals surface area (Å²) in [6.07, 6.45) is 0. The Morgan fingerprint density at radius 3 is 1.78 bits per heavy atom. The van der Waals surface area contributed by atoms with Crippen LogP contribution < -0.4 is 4.06 Å². The summed E-state index contributed by atoms with van der Waals surface area (Å²) in [6, 6.07) is 0. The van der Waals surface area contributed by atoms with Gasteiger partial charge in [0.25, 0.3) is 0 Å². The first kappa shape index (κ1) is 16.3. The van der Waals surface area contributed by atoms with Crippen molar-refractivity contribution in [3.8, 4) is 0 Å². The molecule has 1 atom stereocenters. The van der Waals surface area contributed by atoms with Gasteiger partial charge in [-0.25, -0.2) is 0 Å². The maximum absolute atomic E-state index is 4.06. The molecule has 1 N–H and O–H groups in total. The van der Waals surface area contributed by atoms with E-state index in [1.807, 2.05) is 0 Å². The van der Waals surface area contributed by atoms with Crippen molar-refractivity contribution in [2.75, 3.05) is 0 Å². The Morgan fingerprint density at radius 2 is 1.50 bits per heavy atom.